The van der Waals surface area contributed by atoms with Gasteiger partial charge in [-0.25, -0.2) is 0 Å². The third kappa shape index (κ3) is 3.26. The van der Waals surface area contributed by atoms with E-state index in [-0.39, 0.29) is 11.8 Å². The summed E-state index contributed by atoms with van der Waals surface area (Å²) >= 11 is 9.40. The average Bonchev–Trinajstić information content (AvgIpc) is 2.78. The van der Waals surface area contributed by atoms with Crippen molar-refractivity contribution >= 4 is 39.3 Å². The van der Waals surface area contributed by atoms with E-state index >= 15 is 0 Å². The molecule has 1 aliphatic rings. The highest BCUT2D eigenvalue weighted by atomic mass is 79.9. The molecule has 0 aliphatic carbocycles. The number of hydrogen-bond acceptors (Lipinski definition) is 3. The first-order chi connectivity index (χ1) is 11.1. The van der Waals surface area contributed by atoms with Gasteiger partial charge in [0, 0.05) is 11.0 Å². The van der Waals surface area contributed by atoms with Crippen molar-refractivity contribution in [3.63, 3.8) is 0 Å². The fourth-order valence-corrected chi connectivity index (χ4v) is 3.17. The van der Waals surface area contributed by atoms with Crippen LogP contribution in [0, 0.1) is 0 Å². The minimum Gasteiger partial charge on any atom is -0.492 e. The Morgan fingerprint density at radius 3 is 2.30 bits per heavy atom. The number of nitrogens with zero attached hydrogens (tertiary/aromatic N) is 1. The van der Waals surface area contributed by atoms with Crippen LogP contribution in [-0.2, 0) is 0 Å². The molecule has 6 heteroatoms. The standard InChI is InChI=1S/C17H13BrClNO3/c18-11-6-7-15(14(19)10-11)23-9-3-8-20-16(21)12-4-1-2-5-13(12)17(20)22/h1-2,4-7,10H,3,8-9H2. The quantitative estimate of drug-likeness (QED) is 0.565. The smallest absolute Gasteiger partial charge is 0.261 e. The van der Waals surface area contributed by atoms with Crippen molar-refractivity contribution in [2.24, 2.45) is 0 Å². The highest BCUT2D eigenvalue weighted by molar-refractivity contribution is 9.10. The first-order valence-electron chi connectivity index (χ1n) is 7.11. The van der Waals surface area contributed by atoms with Crippen LogP contribution >= 0.6 is 27.5 Å². The number of amides is 2. The number of halogens is 2. The van der Waals surface area contributed by atoms with Gasteiger partial charge in [0.15, 0.2) is 0 Å². The molecular formula is C17H13BrClNO3. The Morgan fingerprint density at radius 1 is 1.04 bits per heavy atom. The summed E-state index contributed by atoms with van der Waals surface area (Å²) in [5.74, 6) is 0.0942. The predicted molar refractivity (Wildman–Crippen MR) is 91.1 cm³/mol. The van der Waals surface area contributed by atoms with Crippen LogP contribution in [0.5, 0.6) is 5.75 Å². The zero-order valence-corrected chi connectivity index (χ0v) is 14.4. The average molecular weight is 395 g/mol. The van der Waals surface area contributed by atoms with E-state index in [1.807, 2.05) is 6.07 Å². The Morgan fingerprint density at radius 2 is 1.70 bits per heavy atom. The first kappa shape index (κ1) is 16.0. The summed E-state index contributed by atoms with van der Waals surface area (Å²) < 4.78 is 6.47. The molecule has 0 N–H and O–H groups in total. The fourth-order valence-electron chi connectivity index (χ4n) is 2.44. The Hall–Kier alpha value is -1.85. The predicted octanol–water partition coefficient (Wildman–Crippen LogP) is 4.17. The number of benzene rings is 2. The second kappa shape index (κ2) is 6.72. The molecule has 1 aliphatic heterocycles. The number of carbonyl (C=O) groups excluding carboxylic acids is 2. The Kier molecular flexibility index (Phi) is 4.68. The molecule has 0 spiro atoms. The van der Waals surface area contributed by atoms with E-state index in [0.717, 1.165) is 4.47 Å². The van der Waals surface area contributed by atoms with Crippen molar-refractivity contribution in [2.75, 3.05) is 13.2 Å². The molecular weight excluding hydrogens is 382 g/mol. The van der Waals surface area contributed by atoms with Gasteiger partial charge in [-0.2, -0.15) is 0 Å². The lowest BCUT2D eigenvalue weighted by atomic mass is 10.1. The van der Waals surface area contributed by atoms with Gasteiger partial charge >= 0.3 is 0 Å². The van der Waals surface area contributed by atoms with Gasteiger partial charge in [0.1, 0.15) is 5.75 Å². The number of hydrogen-bond donors (Lipinski definition) is 0. The number of ether oxygens (including phenoxy) is 1. The van der Waals surface area contributed by atoms with Gasteiger partial charge in [0.05, 0.1) is 22.8 Å². The van der Waals surface area contributed by atoms with Crippen molar-refractivity contribution in [2.45, 2.75) is 6.42 Å². The van der Waals surface area contributed by atoms with Crippen LogP contribution in [0.2, 0.25) is 5.02 Å². The van der Waals surface area contributed by atoms with Crippen LogP contribution in [0.25, 0.3) is 0 Å². The van der Waals surface area contributed by atoms with Crippen molar-refractivity contribution in [3.05, 3.63) is 63.1 Å². The van der Waals surface area contributed by atoms with Crippen molar-refractivity contribution in [1.82, 2.24) is 4.90 Å². The molecule has 2 aromatic carbocycles. The van der Waals surface area contributed by atoms with Crippen LogP contribution in [0.4, 0.5) is 0 Å². The molecule has 0 saturated carbocycles. The number of imide groups is 1. The molecule has 3 rings (SSSR count). The summed E-state index contributed by atoms with van der Waals surface area (Å²) in [4.78, 5) is 25.7. The third-order valence-electron chi connectivity index (χ3n) is 3.56. The summed E-state index contributed by atoms with van der Waals surface area (Å²) in [6.07, 6.45) is 0.540. The Bertz CT molecular complexity index is 743. The Balaban J connectivity index is 1.56. The van der Waals surface area contributed by atoms with Crippen LogP contribution in [-0.4, -0.2) is 29.9 Å². The molecule has 2 amide bonds. The van der Waals surface area contributed by atoms with Gasteiger partial charge in [-0.1, -0.05) is 39.7 Å². The maximum Gasteiger partial charge on any atom is 0.261 e. The minimum absolute atomic E-state index is 0.243. The van der Waals surface area contributed by atoms with Crippen molar-refractivity contribution in [1.29, 1.82) is 0 Å². The van der Waals surface area contributed by atoms with E-state index in [9.17, 15) is 9.59 Å². The molecule has 0 atom stereocenters. The molecule has 23 heavy (non-hydrogen) atoms. The molecule has 0 aromatic heterocycles. The molecule has 0 radical (unpaired) electrons. The molecule has 0 bridgehead atoms. The summed E-state index contributed by atoms with van der Waals surface area (Å²) in [6.45, 7) is 0.690. The lowest BCUT2D eigenvalue weighted by Crippen LogP contribution is -2.31. The molecule has 0 unspecified atom stereocenters. The normalized spacial score (nSPS) is 13.4. The fraction of sp³-hybridized carbons (Fsp3) is 0.176. The van der Waals surface area contributed by atoms with E-state index in [4.69, 9.17) is 16.3 Å². The highest BCUT2D eigenvalue weighted by Crippen LogP contribution is 2.28. The largest absolute Gasteiger partial charge is 0.492 e. The van der Waals surface area contributed by atoms with Gasteiger partial charge in [0.25, 0.3) is 11.8 Å². The van der Waals surface area contributed by atoms with Crippen molar-refractivity contribution < 1.29 is 14.3 Å². The van der Waals surface area contributed by atoms with E-state index in [0.29, 0.717) is 41.5 Å². The van der Waals surface area contributed by atoms with Crippen LogP contribution in [0.1, 0.15) is 27.1 Å². The van der Waals surface area contributed by atoms with E-state index in [1.165, 1.54) is 4.90 Å². The summed E-state index contributed by atoms with van der Waals surface area (Å²) in [6, 6.07) is 12.2. The zero-order valence-electron chi connectivity index (χ0n) is 12.1. The number of rotatable bonds is 5. The molecule has 118 valence electrons. The second-order valence-electron chi connectivity index (χ2n) is 5.08. The van der Waals surface area contributed by atoms with E-state index < -0.39 is 0 Å². The van der Waals surface area contributed by atoms with Gasteiger partial charge in [-0.3, -0.25) is 14.5 Å². The summed E-state index contributed by atoms with van der Waals surface area (Å²) in [5.41, 5.74) is 0.934. The van der Waals surface area contributed by atoms with E-state index in [1.54, 1.807) is 36.4 Å². The van der Waals surface area contributed by atoms with E-state index in [2.05, 4.69) is 15.9 Å². The monoisotopic (exact) mass is 393 g/mol. The van der Waals surface area contributed by atoms with Crippen LogP contribution < -0.4 is 4.74 Å². The topological polar surface area (TPSA) is 46.6 Å². The molecule has 2 aromatic rings. The van der Waals surface area contributed by atoms with Crippen LogP contribution in [0.15, 0.2) is 46.9 Å². The Labute approximate surface area is 147 Å². The lowest BCUT2D eigenvalue weighted by molar-refractivity contribution is 0.0647. The number of carbonyl (C=O) groups is 2. The van der Waals surface area contributed by atoms with Gasteiger partial charge in [-0.05, 0) is 36.8 Å². The molecule has 4 nitrogen and oxygen atoms in total. The zero-order chi connectivity index (χ0) is 16.4. The first-order valence-corrected chi connectivity index (χ1v) is 8.28. The number of fused-ring (bicyclic) bond motifs is 1. The summed E-state index contributed by atoms with van der Waals surface area (Å²) in [5, 5.41) is 0.514. The molecule has 0 fully saturated rings. The third-order valence-corrected chi connectivity index (χ3v) is 4.34. The second-order valence-corrected chi connectivity index (χ2v) is 6.41. The summed E-state index contributed by atoms with van der Waals surface area (Å²) in [7, 11) is 0. The SMILES string of the molecule is O=C1c2ccccc2C(=O)N1CCCOc1ccc(Br)cc1Cl. The lowest BCUT2D eigenvalue weighted by Gasteiger charge is -2.14. The van der Waals surface area contributed by atoms with Crippen LogP contribution in [0.3, 0.4) is 0 Å². The maximum absolute atomic E-state index is 12.2. The van der Waals surface area contributed by atoms with Gasteiger partial charge in [-0.15, -0.1) is 0 Å². The molecule has 0 saturated heterocycles. The van der Waals surface area contributed by atoms with Gasteiger partial charge < -0.3 is 4.74 Å². The van der Waals surface area contributed by atoms with Crippen molar-refractivity contribution in [3.8, 4) is 5.75 Å². The maximum atomic E-state index is 12.2. The highest BCUT2D eigenvalue weighted by Gasteiger charge is 2.34. The minimum atomic E-state index is -0.243. The molecule has 1 heterocycles. The van der Waals surface area contributed by atoms with Gasteiger partial charge in [0.2, 0.25) is 0 Å².